The molecule has 0 saturated carbocycles. The van der Waals surface area contributed by atoms with E-state index in [2.05, 4.69) is 38.9 Å². The first-order valence-corrected chi connectivity index (χ1v) is 5.81. The van der Waals surface area contributed by atoms with Crippen LogP contribution in [0.4, 0.5) is 0 Å². The van der Waals surface area contributed by atoms with E-state index in [1.165, 1.54) is 0 Å². The van der Waals surface area contributed by atoms with Crippen LogP contribution in [-0.2, 0) is 0 Å². The monoisotopic (exact) mass is 216 g/mol. The molecule has 0 aliphatic carbocycles. The van der Waals surface area contributed by atoms with Crippen molar-refractivity contribution >= 4 is 29.9 Å². The van der Waals surface area contributed by atoms with Crippen molar-refractivity contribution in [3.05, 3.63) is 0 Å². The molecule has 1 aliphatic rings. The summed E-state index contributed by atoms with van der Waals surface area (Å²) in [5.74, 6) is 0.734. The summed E-state index contributed by atoms with van der Waals surface area (Å²) in [6, 6.07) is 0.512. The Balaban J connectivity index is 2.52. The lowest BCUT2D eigenvalue weighted by Gasteiger charge is -2.28. The fourth-order valence-corrected chi connectivity index (χ4v) is 2.72. The molecule has 2 nitrogen and oxygen atoms in total. The van der Waals surface area contributed by atoms with Crippen LogP contribution in [0.1, 0.15) is 19.8 Å². The van der Waals surface area contributed by atoms with Gasteiger partial charge < -0.3 is 5.32 Å². The molecule has 0 aromatic carbocycles. The molecule has 3 unspecified atom stereocenters. The lowest BCUT2D eigenvalue weighted by atomic mass is 9.67. The third kappa shape index (κ3) is 4.20. The van der Waals surface area contributed by atoms with Gasteiger partial charge in [0.15, 0.2) is 0 Å². The minimum atomic E-state index is -0.0845. The summed E-state index contributed by atoms with van der Waals surface area (Å²) in [5.41, 5.74) is 0. The van der Waals surface area contributed by atoms with E-state index in [-0.39, 0.29) is 5.31 Å². The molecule has 74 valence electrons. The number of hydrogen-bond acceptors (Lipinski definition) is 3. The topological polar surface area (TPSA) is 15.3 Å². The van der Waals surface area contributed by atoms with Crippen LogP contribution in [0.3, 0.4) is 0 Å². The summed E-state index contributed by atoms with van der Waals surface area (Å²) in [6.07, 6.45) is 2.18. The minimum Gasteiger partial charge on any atom is -0.305 e. The van der Waals surface area contributed by atoms with Gasteiger partial charge in [-0.3, -0.25) is 4.67 Å². The fraction of sp³-hybridized carbons (Fsp3) is 1.00. The van der Waals surface area contributed by atoms with Gasteiger partial charge in [-0.2, -0.15) is 12.6 Å². The van der Waals surface area contributed by atoms with Crippen molar-refractivity contribution in [2.75, 3.05) is 19.0 Å². The third-order valence-corrected chi connectivity index (χ3v) is 3.05. The van der Waals surface area contributed by atoms with Crippen molar-refractivity contribution < 1.29 is 0 Å². The Hall–Kier alpha value is 0.765. The minimum absolute atomic E-state index is 0.0845. The summed E-state index contributed by atoms with van der Waals surface area (Å²) in [4.78, 5) is 0. The molecule has 0 bridgehead atoms. The molecule has 0 spiro atoms. The van der Waals surface area contributed by atoms with Gasteiger partial charge in [0.2, 0.25) is 0 Å². The van der Waals surface area contributed by atoms with Gasteiger partial charge >= 0.3 is 0 Å². The van der Waals surface area contributed by atoms with Crippen LogP contribution in [0.5, 0.6) is 0 Å². The Morgan fingerprint density at radius 2 is 2.46 bits per heavy atom. The predicted molar refractivity (Wildman–Crippen MR) is 65.4 cm³/mol. The molecule has 13 heavy (non-hydrogen) atoms. The van der Waals surface area contributed by atoms with Crippen molar-refractivity contribution in [1.29, 1.82) is 0 Å². The first kappa shape index (κ1) is 11.8. The van der Waals surface area contributed by atoms with Gasteiger partial charge in [-0.05, 0) is 19.4 Å². The van der Waals surface area contributed by atoms with Crippen molar-refractivity contribution in [2.24, 2.45) is 0 Å². The highest BCUT2D eigenvalue weighted by atomic mass is 32.1. The van der Waals surface area contributed by atoms with Gasteiger partial charge in [0.25, 0.3) is 0 Å². The Morgan fingerprint density at radius 1 is 1.77 bits per heavy atom. The maximum atomic E-state index is 6.17. The SMILES string of the molecule is [B]C1(C)CC(NCS)CCN(P)C1. The molecule has 2 radical (unpaired) electrons. The molecular formula is C8H18BN2PS. The summed E-state index contributed by atoms with van der Waals surface area (Å²) < 4.78 is 2.22. The second kappa shape index (κ2) is 5.02. The standard InChI is InChI=1S/C8H18BN2PS/c1-8(9)4-7(10-6-13)2-3-11(12)5-8/h7,10,13H,2-6,12H2,1H3. The molecule has 1 N–H and O–H groups in total. The number of thiol groups is 1. The van der Waals surface area contributed by atoms with E-state index in [1.54, 1.807) is 0 Å². The van der Waals surface area contributed by atoms with Gasteiger partial charge in [0.05, 0.1) is 7.85 Å². The molecule has 0 amide bonds. The van der Waals surface area contributed by atoms with E-state index in [9.17, 15) is 0 Å². The van der Waals surface area contributed by atoms with Crippen molar-refractivity contribution in [3.8, 4) is 0 Å². The van der Waals surface area contributed by atoms with Crippen LogP contribution in [0, 0.1) is 0 Å². The van der Waals surface area contributed by atoms with E-state index in [0.717, 1.165) is 31.8 Å². The molecule has 0 aromatic rings. The van der Waals surface area contributed by atoms with Gasteiger partial charge in [0.1, 0.15) is 0 Å². The van der Waals surface area contributed by atoms with Crippen molar-refractivity contribution in [1.82, 2.24) is 9.99 Å². The molecule has 1 rings (SSSR count). The normalized spacial score (nSPS) is 37.3. The molecule has 1 fully saturated rings. The molecule has 3 atom stereocenters. The quantitative estimate of drug-likeness (QED) is 0.310. The smallest absolute Gasteiger partial charge is 0.0760 e. The lowest BCUT2D eigenvalue weighted by molar-refractivity contribution is 0.428. The first-order chi connectivity index (χ1) is 6.03. The summed E-state index contributed by atoms with van der Waals surface area (Å²) in [5, 5.41) is 3.26. The van der Waals surface area contributed by atoms with Gasteiger partial charge in [-0.15, -0.1) is 0 Å². The van der Waals surface area contributed by atoms with Crippen molar-refractivity contribution in [2.45, 2.75) is 31.1 Å². The molecule has 1 saturated heterocycles. The van der Waals surface area contributed by atoms with Gasteiger partial charge in [-0.25, -0.2) is 0 Å². The lowest BCUT2D eigenvalue weighted by Crippen LogP contribution is -2.31. The second-order valence-corrected chi connectivity index (χ2v) is 5.22. The maximum Gasteiger partial charge on any atom is 0.0760 e. The summed E-state index contributed by atoms with van der Waals surface area (Å²) in [7, 11) is 8.91. The van der Waals surface area contributed by atoms with E-state index in [0.29, 0.717) is 6.04 Å². The van der Waals surface area contributed by atoms with Crippen LogP contribution in [0.15, 0.2) is 0 Å². The zero-order valence-electron chi connectivity index (χ0n) is 8.16. The highest BCUT2D eigenvalue weighted by molar-refractivity contribution is 7.80. The average Bonchev–Trinajstić information content (AvgIpc) is 2.09. The zero-order chi connectivity index (χ0) is 9.90. The number of rotatable bonds is 2. The Morgan fingerprint density at radius 3 is 3.08 bits per heavy atom. The molecule has 5 heteroatoms. The molecule has 1 aliphatic heterocycles. The van der Waals surface area contributed by atoms with E-state index in [4.69, 9.17) is 7.85 Å². The van der Waals surface area contributed by atoms with Gasteiger partial charge in [0, 0.05) is 18.5 Å². The highest BCUT2D eigenvalue weighted by Gasteiger charge is 2.27. The van der Waals surface area contributed by atoms with Crippen LogP contribution in [0.25, 0.3) is 0 Å². The highest BCUT2D eigenvalue weighted by Crippen LogP contribution is 2.33. The predicted octanol–water partition coefficient (Wildman–Crippen LogP) is 1.06. The van der Waals surface area contributed by atoms with Crippen LogP contribution >= 0.6 is 22.0 Å². The van der Waals surface area contributed by atoms with E-state index in [1.807, 2.05) is 0 Å². The van der Waals surface area contributed by atoms with Crippen LogP contribution in [-0.4, -0.2) is 37.5 Å². The molecular weight excluding hydrogens is 198 g/mol. The zero-order valence-corrected chi connectivity index (χ0v) is 10.2. The molecule has 1 heterocycles. The number of nitrogens with zero attached hydrogens (tertiary/aromatic N) is 1. The van der Waals surface area contributed by atoms with Crippen LogP contribution in [0.2, 0.25) is 5.31 Å². The Bertz CT molecular complexity index is 168. The number of hydrogen-bond donors (Lipinski definition) is 2. The van der Waals surface area contributed by atoms with Gasteiger partial charge in [-0.1, -0.05) is 21.6 Å². The Kier molecular flexibility index (Phi) is 4.57. The van der Waals surface area contributed by atoms with E-state index >= 15 is 0 Å². The molecule has 0 aromatic heterocycles. The fourth-order valence-electron chi connectivity index (χ4n) is 1.90. The summed E-state index contributed by atoms with van der Waals surface area (Å²) in [6.45, 7) is 4.15. The van der Waals surface area contributed by atoms with Crippen molar-refractivity contribution in [3.63, 3.8) is 0 Å². The largest absolute Gasteiger partial charge is 0.305 e. The summed E-state index contributed by atoms with van der Waals surface area (Å²) >= 11 is 4.17. The maximum absolute atomic E-state index is 6.17. The van der Waals surface area contributed by atoms with E-state index < -0.39 is 0 Å². The first-order valence-electron chi connectivity index (χ1n) is 4.66. The number of nitrogens with one attached hydrogen (secondary N) is 1. The van der Waals surface area contributed by atoms with Crippen LogP contribution < -0.4 is 5.32 Å². The second-order valence-electron chi connectivity index (χ2n) is 4.18. The average molecular weight is 216 g/mol. The third-order valence-electron chi connectivity index (χ3n) is 2.42. The Labute approximate surface area is 90.3 Å².